The van der Waals surface area contributed by atoms with Crippen LogP contribution in [0, 0.1) is 13.0 Å². The number of alkyl halides is 7. The van der Waals surface area contributed by atoms with Crippen LogP contribution in [0.4, 0.5) is 30.7 Å². The molecule has 0 aliphatic rings. The molecule has 0 amide bonds. The Hall–Kier alpha value is -2.05. The predicted molar refractivity (Wildman–Crippen MR) is 89.1 cm³/mol. The molecular formula is C20H18F7. The highest BCUT2D eigenvalue weighted by Crippen LogP contribution is 2.56. The van der Waals surface area contributed by atoms with E-state index in [-0.39, 0.29) is 29.5 Å². The van der Waals surface area contributed by atoms with Gasteiger partial charge in [-0.1, -0.05) is 49.7 Å². The minimum absolute atomic E-state index is 0.0851. The fourth-order valence-corrected chi connectivity index (χ4v) is 2.94. The van der Waals surface area contributed by atoms with Crippen molar-refractivity contribution in [1.82, 2.24) is 0 Å². The minimum Gasteiger partial charge on any atom is -0.218 e. The predicted octanol–water partition coefficient (Wildman–Crippen LogP) is 6.88. The summed E-state index contributed by atoms with van der Waals surface area (Å²) in [6.45, 7) is 4.86. The first-order chi connectivity index (χ1) is 12.4. The normalized spacial score (nSPS) is 13.1. The van der Waals surface area contributed by atoms with Gasteiger partial charge in [-0.15, -0.1) is 0 Å². The Morgan fingerprint density at radius 1 is 0.815 bits per heavy atom. The molecule has 2 rings (SSSR count). The number of aryl methyl sites for hydroxylation is 3. The highest BCUT2D eigenvalue weighted by atomic mass is 19.4. The largest absolute Gasteiger partial charge is 0.435 e. The van der Waals surface area contributed by atoms with Crippen molar-refractivity contribution in [2.24, 2.45) is 0 Å². The van der Waals surface area contributed by atoms with Crippen molar-refractivity contribution in [2.45, 2.75) is 51.6 Å². The van der Waals surface area contributed by atoms with Gasteiger partial charge in [0.1, 0.15) is 0 Å². The summed E-state index contributed by atoms with van der Waals surface area (Å²) in [4.78, 5) is 0. The molecule has 1 radical (unpaired) electrons. The van der Waals surface area contributed by atoms with Crippen LogP contribution in [0.15, 0.2) is 30.3 Å². The molecule has 0 saturated carbocycles. The standard InChI is InChI=1S/C20H18F7/c1-4-13-10-14(5-2)17(15-8-6-12(3)7-9-15)16(11-13)18(21,19(22,23)24)20(25,26)27/h6-9,11H,4-5H2,1-3H3. The molecule has 0 atom stereocenters. The lowest BCUT2D eigenvalue weighted by Crippen LogP contribution is -2.50. The Kier molecular flexibility index (Phi) is 5.64. The van der Waals surface area contributed by atoms with Gasteiger partial charge in [0, 0.05) is 5.56 Å². The smallest absolute Gasteiger partial charge is 0.218 e. The topological polar surface area (TPSA) is 0 Å². The van der Waals surface area contributed by atoms with E-state index < -0.39 is 29.1 Å². The van der Waals surface area contributed by atoms with Gasteiger partial charge in [-0.25, -0.2) is 4.39 Å². The third-order valence-electron chi connectivity index (χ3n) is 4.43. The first kappa shape index (κ1) is 21.3. The van der Waals surface area contributed by atoms with Crippen LogP contribution in [-0.4, -0.2) is 12.4 Å². The van der Waals surface area contributed by atoms with Crippen LogP contribution in [0.3, 0.4) is 0 Å². The van der Waals surface area contributed by atoms with Crippen molar-refractivity contribution in [1.29, 1.82) is 0 Å². The average Bonchev–Trinajstić information content (AvgIpc) is 2.58. The second kappa shape index (κ2) is 7.17. The Balaban J connectivity index is 2.98. The van der Waals surface area contributed by atoms with Gasteiger partial charge in [-0.3, -0.25) is 0 Å². The summed E-state index contributed by atoms with van der Waals surface area (Å²) in [7, 11) is 0. The van der Waals surface area contributed by atoms with Crippen molar-refractivity contribution >= 4 is 0 Å². The second-order valence-electron chi connectivity index (χ2n) is 6.29. The van der Waals surface area contributed by atoms with Crippen LogP contribution < -0.4 is 0 Å². The quantitative estimate of drug-likeness (QED) is 0.499. The average molecular weight is 391 g/mol. The van der Waals surface area contributed by atoms with Crippen molar-refractivity contribution in [3.05, 3.63) is 58.7 Å². The molecule has 7 heteroatoms. The summed E-state index contributed by atoms with van der Waals surface area (Å²) in [6, 6.07) is 9.35. The van der Waals surface area contributed by atoms with Gasteiger partial charge in [0.05, 0.1) is 0 Å². The summed E-state index contributed by atoms with van der Waals surface area (Å²) in [5.41, 5.74) is -6.27. The third kappa shape index (κ3) is 3.69. The molecule has 2 aromatic carbocycles. The lowest BCUT2D eigenvalue weighted by atomic mass is 9.82. The van der Waals surface area contributed by atoms with E-state index in [1.54, 1.807) is 32.9 Å². The molecule has 0 bridgehead atoms. The molecule has 2 aromatic rings. The van der Waals surface area contributed by atoms with E-state index in [0.717, 1.165) is 5.56 Å². The van der Waals surface area contributed by atoms with Crippen LogP contribution in [0.5, 0.6) is 0 Å². The van der Waals surface area contributed by atoms with Gasteiger partial charge in [-0.2, -0.15) is 26.3 Å². The number of rotatable bonds is 4. The van der Waals surface area contributed by atoms with E-state index in [4.69, 9.17) is 0 Å². The van der Waals surface area contributed by atoms with Gasteiger partial charge in [0.25, 0.3) is 0 Å². The number of halogens is 7. The summed E-state index contributed by atoms with van der Waals surface area (Å²) >= 11 is 0. The summed E-state index contributed by atoms with van der Waals surface area (Å²) in [6.07, 6.45) is -12.1. The van der Waals surface area contributed by atoms with Crippen molar-refractivity contribution in [3.63, 3.8) is 0 Å². The van der Waals surface area contributed by atoms with Gasteiger partial charge in [0.15, 0.2) is 0 Å². The Morgan fingerprint density at radius 2 is 1.33 bits per heavy atom. The zero-order chi connectivity index (χ0) is 20.6. The molecule has 0 heterocycles. The highest BCUT2D eigenvalue weighted by molar-refractivity contribution is 5.73. The maximum absolute atomic E-state index is 14.9. The minimum atomic E-state index is -6.16. The van der Waals surface area contributed by atoms with Crippen LogP contribution in [0.1, 0.15) is 36.1 Å². The molecular weight excluding hydrogens is 373 g/mol. The van der Waals surface area contributed by atoms with E-state index in [9.17, 15) is 30.7 Å². The van der Waals surface area contributed by atoms with Gasteiger partial charge >= 0.3 is 18.0 Å². The third-order valence-corrected chi connectivity index (χ3v) is 4.43. The molecule has 0 aliphatic carbocycles. The molecule has 0 N–H and O–H groups in total. The molecule has 0 nitrogen and oxygen atoms in total. The summed E-state index contributed by atoms with van der Waals surface area (Å²) < 4.78 is 95.4. The fourth-order valence-electron chi connectivity index (χ4n) is 2.94. The molecule has 0 fully saturated rings. The van der Waals surface area contributed by atoms with E-state index in [1.165, 1.54) is 12.1 Å². The number of hydrogen-bond donors (Lipinski definition) is 0. The van der Waals surface area contributed by atoms with E-state index in [1.807, 2.05) is 0 Å². The highest BCUT2D eigenvalue weighted by Gasteiger charge is 2.74. The van der Waals surface area contributed by atoms with Crippen molar-refractivity contribution in [3.8, 4) is 11.1 Å². The van der Waals surface area contributed by atoms with Gasteiger partial charge < -0.3 is 0 Å². The zero-order valence-corrected chi connectivity index (χ0v) is 14.9. The monoisotopic (exact) mass is 391 g/mol. The Morgan fingerprint density at radius 3 is 1.74 bits per heavy atom. The fraction of sp³-hybridized carbons (Fsp3) is 0.400. The van der Waals surface area contributed by atoms with Gasteiger partial charge in [-0.05, 0) is 48.1 Å². The Bertz CT molecular complexity index is 785. The van der Waals surface area contributed by atoms with Crippen molar-refractivity contribution < 1.29 is 30.7 Å². The number of hydrogen-bond acceptors (Lipinski definition) is 0. The maximum Gasteiger partial charge on any atom is 0.435 e. The SMILES string of the molecule is CCc1[c]c(CC)c(-c2ccc(C)cc2)c(C(F)(C(F)(F)F)C(F)(F)F)c1. The Labute approximate surface area is 153 Å². The molecule has 27 heavy (non-hydrogen) atoms. The lowest BCUT2D eigenvalue weighted by Gasteiger charge is -2.33. The molecule has 0 aliphatic heterocycles. The molecule has 0 unspecified atom stereocenters. The first-order valence-corrected chi connectivity index (χ1v) is 8.34. The van der Waals surface area contributed by atoms with Crippen LogP contribution in [0.25, 0.3) is 11.1 Å². The maximum atomic E-state index is 14.9. The first-order valence-electron chi connectivity index (χ1n) is 8.34. The van der Waals surface area contributed by atoms with Gasteiger partial charge in [0.2, 0.25) is 0 Å². The molecule has 0 saturated heterocycles. The number of benzene rings is 2. The zero-order valence-electron chi connectivity index (χ0n) is 14.9. The second-order valence-corrected chi connectivity index (χ2v) is 6.29. The van der Waals surface area contributed by atoms with E-state index in [0.29, 0.717) is 6.07 Å². The van der Waals surface area contributed by atoms with E-state index >= 15 is 0 Å². The summed E-state index contributed by atoms with van der Waals surface area (Å²) in [5, 5.41) is 0. The van der Waals surface area contributed by atoms with E-state index in [2.05, 4.69) is 6.07 Å². The molecule has 0 spiro atoms. The molecule has 147 valence electrons. The van der Waals surface area contributed by atoms with Crippen LogP contribution in [-0.2, 0) is 18.5 Å². The van der Waals surface area contributed by atoms with Crippen molar-refractivity contribution in [2.75, 3.05) is 0 Å². The summed E-state index contributed by atoms with van der Waals surface area (Å²) in [5.74, 6) is 0. The molecule has 0 aromatic heterocycles. The lowest BCUT2D eigenvalue weighted by molar-refractivity contribution is -0.348. The van der Waals surface area contributed by atoms with Crippen LogP contribution >= 0.6 is 0 Å². The van der Waals surface area contributed by atoms with Crippen LogP contribution in [0.2, 0.25) is 0 Å².